The molecule has 0 amide bonds. The van der Waals surface area contributed by atoms with Gasteiger partial charge in [0.05, 0.1) is 0 Å². The van der Waals surface area contributed by atoms with Crippen LogP contribution in [0.1, 0.15) is 25.5 Å². The van der Waals surface area contributed by atoms with Crippen LogP contribution in [0.4, 0.5) is 0 Å². The first kappa shape index (κ1) is 11.5. The molecule has 0 aliphatic carbocycles. The van der Waals surface area contributed by atoms with Crippen LogP contribution in [0.2, 0.25) is 0 Å². The van der Waals surface area contributed by atoms with Crippen molar-refractivity contribution in [2.45, 2.75) is 37.1 Å². The molecule has 14 heavy (non-hydrogen) atoms. The third-order valence-electron chi connectivity index (χ3n) is 1.99. The Labute approximate surface area is 89.5 Å². The van der Waals surface area contributed by atoms with E-state index in [-0.39, 0.29) is 0 Å². The smallest absolute Gasteiger partial charge is 0.187 e. The molecule has 0 spiro atoms. The van der Waals surface area contributed by atoms with Crippen molar-refractivity contribution in [1.29, 1.82) is 0 Å². The molecule has 2 N–H and O–H groups in total. The molecule has 0 aliphatic heterocycles. The second-order valence-electron chi connectivity index (χ2n) is 3.21. The van der Waals surface area contributed by atoms with Crippen LogP contribution < -0.4 is 5.73 Å². The van der Waals surface area contributed by atoms with Crippen molar-refractivity contribution in [3.05, 3.63) is 18.0 Å². The highest BCUT2D eigenvalue weighted by Crippen LogP contribution is 2.23. The molecular formula is C10H17N3S. The lowest BCUT2D eigenvalue weighted by molar-refractivity contribution is 0.740. The van der Waals surface area contributed by atoms with E-state index in [0.717, 1.165) is 30.2 Å². The maximum atomic E-state index is 5.53. The van der Waals surface area contributed by atoms with Crippen molar-refractivity contribution in [3.8, 4) is 0 Å². The molecule has 1 aromatic rings. The number of hydrogen-bond acceptors (Lipinski definition) is 4. The first-order valence-corrected chi connectivity index (χ1v) is 5.80. The van der Waals surface area contributed by atoms with E-state index in [0.29, 0.717) is 5.25 Å². The fourth-order valence-electron chi connectivity index (χ4n) is 1.16. The molecule has 0 bridgehead atoms. The zero-order chi connectivity index (χ0) is 10.4. The Balaban J connectivity index is 2.57. The second-order valence-corrected chi connectivity index (χ2v) is 4.47. The van der Waals surface area contributed by atoms with Gasteiger partial charge >= 0.3 is 0 Å². The molecule has 1 heterocycles. The topological polar surface area (TPSA) is 51.8 Å². The highest BCUT2D eigenvalue weighted by atomic mass is 32.2. The first-order chi connectivity index (χ1) is 6.76. The van der Waals surface area contributed by atoms with E-state index >= 15 is 0 Å². The molecule has 0 saturated heterocycles. The number of aromatic nitrogens is 2. The van der Waals surface area contributed by atoms with Gasteiger partial charge in [0.1, 0.15) is 0 Å². The van der Waals surface area contributed by atoms with Gasteiger partial charge in [-0.1, -0.05) is 18.7 Å². The van der Waals surface area contributed by atoms with Gasteiger partial charge in [-0.25, -0.2) is 9.97 Å². The lowest BCUT2D eigenvalue weighted by Crippen LogP contribution is -2.10. The van der Waals surface area contributed by atoms with Crippen LogP contribution in [-0.2, 0) is 0 Å². The summed E-state index contributed by atoms with van der Waals surface area (Å²) < 4.78 is 0. The van der Waals surface area contributed by atoms with Gasteiger partial charge in [0.15, 0.2) is 5.16 Å². The quantitative estimate of drug-likeness (QED) is 0.598. The van der Waals surface area contributed by atoms with E-state index in [2.05, 4.69) is 16.9 Å². The van der Waals surface area contributed by atoms with Crippen molar-refractivity contribution in [2.24, 2.45) is 5.73 Å². The summed E-state index contributed by atoms with van der Waals surface area (Å²) in [7, 11) is 0. The fourth-order valence-corrected chi connectivity index (χ4v) is 2.20. The van der Waals surface area contributed by atoms with Crippen molar-refractivity contribution < 1.29 is 0 Å². The summed E-state index contributed by atoms with van der Waals surface area (Å²) in [6.07, 6.45) is 3.94. The number of nitrogens with two attached hydrogens (primary N) is 1. The molecule has 0 saturated carbocycles. The van der Waals surface area contributed by atoms with E-state index < -0.39 is 0 Å². The van der Waals surface area contributed by atoms with Crippen LogP contribution in [0.3, 0.4) is 0 Å². The van der Waals surface area contributed by atoms with E-state index in [4.69, 9.17) is 5.73 Å². The second kappa shape index (κ2) is 5.98. The Morgan fingerprint density at radius 1 is 1.57 bits per heavy atom. The Bertz CT molecular complexity index is 278. The lowest BCUT2D eigenvalue weighted by Gasteiger charge is -2.11. The van der Waals surface area contributed by atoms with E-state index in [9.17, 15) is 0 Å². The van der Waals surface area contributed by atoms with Crippen LogP contribution in [-0.4, -0.2) is 21.8 Å². The lowest BCUT2D eigenvalue weighted by atomic mass is 10.2. The van der Waals surface area contributed by atoms with E-state index in [1.165, 1.54) is 0 Å². The number of thioether (sulfide) groups is 1. The molecule has 4 heteroatoms. The highest BCUT2D eigenvalue weighted by molar-refractivity contribution is 7.99. The fraction of sp³-hybridized carbons (Fsp3) is 0.600. The minimum Gasteiger partial charge on any atom is -0.330 e. The summed E-state index contributed by atoms with van der Waals surface area (Å²) >= 11 is 1.73. The van der Waals surface area contributed by atoms with Crippen LogP contribution in [0, 0.1) is 6.92 Å². The van der Waals surface area contributed by atoms with Crippen molar-refractivity contribution in [1.82, 2.24) is 9.97 Å². The standard InChI is InChI=1S/C10H17N3S/c1-3-9(4-6-11)14-10-12-7-5-8(2)13-10/h5,7,9H,3-4,6,11H2,1-2H3. The third kappa shape index (κ3) is 3.64. The van der Waals surface area contributed by atoms with Gasteiger partial charge in [-0.15, -0.1) is 0 Å². The maximum Gasteiger partial charge on any atom is 0.187 e. The summed E-state index contributed by atoms with van der Waals surface area (Å²) in [6.45, 7) is 4.88. The molecule has 0 aromatic carbocycles. The first-order valence-electron chi connectivity index (χ1n) is 4.92. The Hall–Kier alpha value is -0.610. The maximum absolute atomic E-state index is 5.53. The number of hydrogen-bond donors (Lipinski definition) is 1. The van der Waals surface area contributed by atoms with E-state index in [1.807, 2.05) is 13.0 Å². The van der Waals surface area contributed by atoms with Gasteiger partial charge in [0, 0.05) is 17.1 Å². The molecule has 0 fully saturated rings. The SMILES string of the molecule is CCC(CCN)Sc1nccc(C)n1. The molecule has 0 aliphatic rings. The summed E-state index contributed by atoms with van der Waals surface area (Å²) in [6, 6.07) is 1.91. The molecule has 1 atom stereocenters. The van der Waals surface area contributed by atoms with Gasteiger partial charge in [-0.2, -0.15) is 0 Å². The van der Waals surface area contributed by atoms with Crippen molar-refractivity contribution in [2.75, 3.05) is 6.54 Å². The van der Waals surface area contributed by atoms with Crippen LogP contribution in [0.5, 0.6) is 0 Å². The van der Waals surface area contributed by atoms with Crippen molar-refractivity contribution >= 4 is 11.8 Å². The zero-order valence-corrected chi connectivity index (χ0v) is 9.55. The molecule has 78 valence electrons. The summed E-state index contributed by atoms with van der Waals surface area (Å²) in [5.74, 6) is 0. The average Bonchev–Trinajstić information content (AvgIpc) is 2.17. The predicted molar refractivity (Wildman–Crippen MR) is 60.4 cm³/mol. The molecule has 0 radical (unpaired) electrons. The Morgan fingerprint density at radius 2 is 2.36 bits per heavy atom. The Kier molecular flexibility index (Phi) is 4.90. The minimum atomic E-state index is 0.543. The largest absolute Gasteiger partial charge is 0.330 e. The monoisotopic (exact) mass is 211 g/mol. The summed E-state index contributed by atoms with van der Waals surface area (Å²) in [4.78, 5) is 8.57. The average molecular weight is 211 g/mol. The van der Waals surface area contributed by atoms with Crippen LogP contribution >= 0.6 is 11.8 Å². The van der Waals surface area contributed by atoms with Gasteiger partial charge in [-0.05, 0) is 32.4 Å². The van der Waals surface area contributed by atoms with E-state index in [1.54, 1.807) is 18.0 Å². The predicted octanol–water partition coefficient (Wildman–Crippen LogP) is 2.00. The minimum absolute atomic E-state index is 0.543. The van der Waals surface area contributed by atoms with Gasteiger partial charge in [0.25, 0.3) is 0 Å². The Morgan fingerprint density at radius 3 is 2.93 bits per heavy atom. The molecule has 1 rings (SSSR count). The van der Waals surface area contributed by atoms with Crippen LogP contribution in [0.15, 0.2) is 17.4 Å². The normalized spacial score (nSPS) is 12.8. The van der Waals surface area contributed by atoms with Crippen molar-refractivity contribution in [3.63, 3.8) is 0 Å². The number of aryl methyl sites for hydroxylation is 1. The third-order valence-corrected chi connectivity index (χ3v) is 3.30. The molecular weight excluding hydrogens is 194 g/mol. The number of rotatable bonds is 5. The molecule has 1 unspecified atom stereocenters. The zero-order valence-electron chi connectivity index (χ0n) is 8.73. The van der Waals surface area contributed by atoms with Crippen LogP contribution in [0.25, 0.3) is 0 Å². The molecule has 3 nitrogen and oxygen atoms in total. The highest BCUT2D eigenvalue weighted by Gasteiger charge is 2.08. The van der Waals surface area contributed by atoms with Gasteiger partial charge in [0.2, 0.25) is 0 Å². The number of nitrogens with zero attached hydrogens (tertiary/aromatic N) is 2. The summed E-state index contributed by atoms with van der Waals surface area (Å²) in [5.41, 5.74) is 6.55. The van der Waals surface area contributed by atoms with Gasteiger partial charge < -0.3 is 5.73 Å². The van der Waals surface area contributed by atoms with Gasteiger partial charge in [-0.3, -0.25) is 0 Å². The summed E-state index contributed by atoms with van der Waals surface area (Å²) in [5, 5.41) is 1.41. The molecule has 1 aromatic heterocycles.